The molecule has 1 N–H and O–H groups in total. The molecule has 1 rings (SSSR count). The molecule has 0 aliphatic rings. The second kappa shape index (κ2) is 7.85. The van der Waals surface area contributed by atoms with Gasteiger partial charge in [0.2, 0.25) is 0 Å². The molecule has 1 atom stereocenters. The van der Waals surface area contributed by atoms with Crippen molar-refractivity contribution in [2.45, 2.75) is 20.4 Å². The van der Waals surface area contributed by atoms with Crippen molar-refractivity contribution in [1.82, 2.24) is 10.2 Å². The van der Waals surface area contributed by atoms with Crippen LogP contribution in [0.2, 0.25) is 0 Å². The molecule has 1 aromatic carbocycles. The molecular formula is C14H23BrN2. The lowest BCUT2D eigenvalue weighted by molar-refractivity contribution is 0.275. The van der Waals surface area contributed by atoms with Gasteiger partial charge >= 0.3 is 0 Å². The molecule has 0 aromatic heterocycles. The lowest BCUT2D eigenvalue weighted by Gasteiger charge is -2.21. The number of benzene rings is 1. The zero-order chi connectivity index (χ0) is 12.7. The minimum Gasteiger partial charge on any atom is -0.317 e. The Kier molecular flexibility index (Phi) is 6.78. The largest absolute Gasteiger partial charge is 0.317 e. The first-order valence-corrected chi connectivity index (χ1v) is 7.04. The van der Waals surface area contributed by atoms with E-state index in [-0.39, 0.29) is 0 Å². The minimum absolute atomic E-state index is 0.687. The molecular weight excluding hydrogens is 276 g/mol. The Morgan fingerprint density at radius 1 is 1.41 bits per heavy atom. The summed E-state index contributed by atoms with van der Waals surface area (Å²) >= 11 is 3.51. The van der Waals surface area contributed by atoms with Gasteiger partial charge in [-0.1, -0.05) is 41.9 Å². The van der Waals surface area contributed by atoms with Gasteiger partial charge in [0.05, 0.1) is 0 Å². The fourth-order valence-electron chi connectivity index (χ4n) is 2.00. The highest BCUT2D eigenvalue weighted by Crippen LogP contribution is 2.13. The first-order valence-electron chi connectivity index (χ1n) is 6.25. The summed E-state index contributed by atoms with van der Waals surface area (Å²) in [5.41, 5.74) is 1.36. The van der Waals surface area contributed by atoms with Gasteiger partial charge in [-0.3, -0.25) is 0 Å². The molecule has 0 radical (unpaired) electrons. The molecule has 96 valence electrons. The molecule has 1 unspecified atom stereocenters. The second-order valence-corrected chi connectivity index (χ2v) is 5.66. The van der Waals surface area contributed by atoms with Crippen molar-refractivity contribution < 1.29 is 0 Å². The Balaban J connectivity index is 2.36. The van der Waals surface area contributed by atoms with Gasteiger partial charge in [-0.25, -0.2) is 0 Å². The zero-order valence-electron chi connectivity index (χ0n) is 11.0. The molecule has 0 saturated heterocycles. The van der Waals surface area contributed by atoms with Gasteiger partial charge in [0.1, 0.15) is 0 Å². The molecule has 3 heteroatoms. The van der Waals surface area contributed by atoms with Crippen molar-refractivity contribution in [1.29, 1.82) is 0 Å². The summed E-state index contributed by atoms with van der Waals surface area (Å²) in [7, 11) is 2.18. The molecule has 1 aromatic rings. The van der Waals surface area contributed by atoms with E-state index < -0.39 is 0 Å². The van der Waals surface area contributed by atoms with Gasteiger partial charge in [0.25, 0.3) is 0 Å². The van der Waals surface area contributed by atoms with Crippen LogP contribution >= 0.6 is 15.9 Å². The van der Waals surface area contributed by atoms with Crippen LogP contribution in [0.4, 0.5) is 0 Å². The summed E-state index contributed by atoms with van der Waals surface area (Å²) < 4.78 is 1.16. The highest BCUT2D eigenvalue weighted by molar-refractivity contribution is 9.10. The summed E-state index contributed by atoms with van der Waals surface area (Å²) in [6.07, 6.45) is 0. The Bertz CT molecular complexity index is 328. The normalized spacial score (nSPS) is 13.0. The zero-order valence-corrected chi connectivity index (χ0v) is 12.6. The number of hydrogen-bond donors (Lipinski definition) is 1. The third-order valence-electron chi connectivity index (χ3n) is 2.71. The standard InChI is InChI=1S/C14H23BrN2/c1-4-16-9-12(2)10-17(3)11-13-6-5-7-14(15)8-13/h5-8,12,16H,4,9-11H2,1-3H3. The second-order valence-electron chi connectivity index (χ2n) is 4.74. The van der Waals surface area contributed by atoms with Gasteiger partial charge in [-0.15, -0.1) is 0 Å². The lowest BCUT2D eigenvalue weighted by atomic mass is 10.1. The summed E-state index contributed by atoms with van der Waals surface area (Å²) in [4.78, 5) is 2.38. The van der Waals surface area contributed by atoms with Crippen molar-refractivity contribution in [2.75, 3.05) is 26.7 Å². The smallest absolute Gasteiger partial charge is 0.0231 e. The van der Waals surface area contributed by atoms with E-state index in [0.29, 0.717) is 5.92 Å². The highest BCUT2D eigenvalue weighted by Gasteiger charge is 2.06. The lowest BCUT2D eigenvalue weighted by Crippen LogP contribution is -2.30. The number of nitrogens with one attached hydrogen (secondary N) is 1. The summed E-state index contributed by atoms with van der Waals surface area (Å²) in [6.45, 7) is 8.73. The van der Waals surface area contributed by atoms with Crippen LogP contribution in [0.1, 0.15) is 19.4 Å². The van der Waals surface area contributed by atoms with Crippen LogP contribution in [0.25, 0.3) is 0 Å². The van der Waals surface area contributed by atoms with Crippen molar-refractivity contribution in [3.05, 3.63) is 34.3 Å². The number of hydrogen-bond acceptors (Lipinski definition) is 2. The van der Waals surface area contributed by atoms with Crippen molar-refractivity contribution in [2.24, 2.45) is 5.92 Å². The predicted octanol–water partition coefficient (Wildman–Crippen LogP) is 3.13. The average molecular weight is 299 g/mol. The van der Waals surface area contributed by atoms with Crippen molar-refractivity contribution in [3.63, 3.8) is 0 Å². The third-order valence-corrected chi connectivity index (χ3v) is 3.20. The topological polar surface area (TPSA) is 15.3 Å². The first kappa shape index (κ1) is 14.7. The van der Waals surface area contributed by atoms with E-state index in [1.165, 1.54) is 5.56 Å². The van der Waals surface area contributed by atoms with Gasteiger partial charge in [-0.05, 0) is 43.8 Å². The molecule has 0 saturated carbocycles. The third kappa shape index (κ3) is 6.20. The van der Waals surface area contributed by atoms with E-state index in [1.54, 1.807) is 0 Å². The average Bonchev–Trinajstić information content (AvgIpc) is 2.26. The van der Waals surface area contributed by atoms with Crippen LogP contribution in [0, 0.1) is 5.92 Å². The fourth-order valence-corrected chi connectivity index (χ4v) is 2.45. The summed E-state index contributed by atoms with van der Waals surface area (Å²) in [5, 5.41) is 3.39. The molecule has 0 amide bonds. The van der Waals surface area contributed by atoms with Crippen LogP contribution in [0.15, 0.2) is 28.7 Å². The van der Waals surface area contributed by atoms with Gasteiger partial charge in [-0.2, -0.15) is 0 Å². The number of rotatable bonds is 7. The first-order chi connectivity index (χ1) is 8.11. The maximum Gasteiger partial charge on any atom is 0.0231 e. The monoisotopic (exact) mass is 298 g/mol. The SMILES string of the molecule is CCNCC(C)CN(C)Cc1cccc(Br)c1. The predicted molar refractivity (Wildman–Crippen MR) is 78.2 cm³/mol. The maximum absolute atomic E-state index is 3.51. The molecule has 0 aliphatic heterocycles. The Hall–Kier alpha value is -0.380. The molecule has 0 spiro atoms. The summed E-state index contributed by atoms with van der Waals surface area (Å²) in [6, 6.07) is 8.52. The van der Waals surface area contributed by atoms with Crippen LogP contribution in [0.5, 0.6) is 0 Å². The minimum atomic E-state index is 0.687. The maximum atomic E-state index is 3.51. The van der Waals surface area contributed by atoms with Crippen LogP contribution in [-0.4, -0.2) is 31.6 Å². The van der Waals surface area contributed by atoms with E-state index in [1.807, 2.05) is 0 Å². The molecule has 0 fully saturated rings. The van der Waals surface area contributed by atoms with Crippen molar-refractivity contribution >= 4 is 15.9 Å². The van der Waals surface area contributed by atoms with Gasteiger partial charge < -0.3 is 10.2 Å². The van der Waals surface area contributed by atoms with Crippen LogP contribution < -0.4 is 5.32 Å². The Morgan fingerprint density at radius 2 is 2.18 bits per heavy atom. The summed E-state index contributed by atoms with van der Waals surface area (Å²) in [5.74, 6) is 0.687. The molecule has 0 bridgehead atoms. The molecule has 17 heavy (non-hydrogen) atoms. The quantitative estimate of drug-likeness (QED) is 0.832. The molecule has 0 heterocycles. The number of nitrogens with zero attached hydrogens (tertiary/aromatic N) is 1. The molecule has 0 aliphatic carbocycles. The van der Waals surface area contributed by atoms with Crippen molar-refractivity contribution in [3.8, 4) is 0 Å². The molecule has 2 nitrogen and oxygen atoms in total. The Morgan fingerprint density at radius 3 is 2.82 bits per heavy atom. The number of halogens is 1. The van der Waals surface area contributed by atoms with E-state index >= 15 is 0 Å². The van der Waals surface area contributed by atoms with E-state index in [4.69, 9.17) is 0 Å². The van der Waals surface area contributed by atoms with E-state index in [2.05, 4.69) is 71.3 Å². The van der Waals surface area contributed by atoms with Crippen LogP contribution in [-0.2, 0) is 6.54 Å². The Labute approximate surface area is 114 Å². The van der Waals surface area contributed by atoms with Crippen LogP contribution in [0.3, 0.4) is 0 Å². The van der Waals surface area contributed by atoms with Gasteiger partial charge in [0, 0.05) is 17.6 Å². The van der Waals surface area contributed by atoms with Gasteiger partial charge in [0.15, 0.2) is 0 Å². The fraction of sp³-hybridized carbons (Fsp3) is 0.571. The van der Waals surface area contributed by atoms with E-state index in [0.717, 1.165) is 30.7 Å². The highest BCUT2D eigenvalue weighted by atomic mass is 79.9. The van der Waals surface area contributed by atoms with E-state index in [9.17, 15) is 0 Å².